The second kappa shape index (κ2) is 4.99. The standard InChI is InChI=1S/C7H14N2O/c1-6(5-7(2)10)9-4-3-8/h5,9H,3-4,8H2,1-2H3/b6-5+. The molecule has 10 heavy (non-hydrogen) atoms. The van der Waals surface area contributed by atoms with Crippen LogP contribution in [0.25, 0.3) is 0 Å². The van der Waals surface area contributed by atoms with Gasteiger partial charge in [0.1, 0.15) is 0 Å². The fourth-order valence-electron chi connectivity index (χ4n) is 0.625. The predicted molar refractivity (Wildman–Crippen MR) is 41.5 cm³/mol. The lowest BCUT2D eigenvalue weighted by molar-refractivity contribution is -0.112. The lowest BCUT2D eigenvalue weighted by atomic mass is 10.3. The van der Waals surface area contributed by atoms with Crippen LogP contribution in [0.15, 0.2) is 11.8 Å². The largest absolute Gasteiger partial charge is 0.387 e. The number of nitrogens with two attached hydrogens (primary N) is 1. The molecule has 0 bridgehead atoms. The van der Waals surface area contributed by atoms with E-state index in [-0.39, 0.29) is 5.78 Å². The molecule has 0 aromatic rings. The van der Waals surface area contributed by atoms with Gasteiger partial charge in [0.25, 0.3) is 0 Å². The molecular formula is C7H14N2O. The fraction of sp³-hybridized carbons (Fsp3) is 0.571. The van der Waals surface area contributed by atoms with Crippen LogP contribution in [0.4, 0.5) is 0 Å². The van der Waals surface area contributed by atoms with Crippen molar-refractivity contribution in [1.29, 1.82) is 0 Å². The van der Waals surface area contributed by atoms with Gasteiger partial charge >= 0.3 is 0 Å². The summed E-state index contributed by atoms with van der Waals surface area (Å²) in [5, 5.41) is 2.98. The van der Waals surface area contributed by atoms with Gasteiger partial charge < -0.3 is 11.1 Å². The van der Waals surface area contributed by atoms with Crippen LogP contribution in [0.5, 0.6) is 0 Å². The van der Waals surface area contributed by atoms with Crippen LogP contribution >= 0.6 is 0 Å². The van der Waals surface area contributed by atoms with Crippen molar-refractivity contribution in [2.24, 2.45) is 5.73 Å². The second-order valence-electron chi connectivity index (χ2n) is 2.15. The van der Waals surface area contributed by atoms with Gasteiger partial charge in [-0.15, -0.1) is 0 Å². The van der Waals surface area contributed by atoms with Crippen molar-refractivity contribution in [1.82, 2.24) is 5.32 Å². The number of allylic oxidation sites excluding steroid dienone is 2. The van der Waals surface area contributed by atoms with Crippen LogP contribution in [0, 0.1) is 0 Å². The maximum Gasteiger partial charge on any atom is 0.154 e. The predicted octanol–water partition coefficient (Wildman–Crippen LogP) is 0.0275. The Morgan fingerprint density at radius 2 is 2.20 bits per heavy atom. The molecule has 0 aromatic heterocycles. The Morgan fingerprint density at radius 3 is 2.60 bits per heavy atom. The molecular weight excluding hydrogens is 128 g/mol. The lowest BCUT2D eigenvalue weighted by Gasteiger charge is -2.01. The molecule has 0 atom stereocenters. The minimum absolute atomic E-state index is 0.0574. The van der Waals surface area contributed by atoms with Gasteiger partial charge in [-0.05, 0) is 19.9 Å². The first kappa shape index (κ1) is 9.17. The summed E-state index contributed by atoms with van der Waals surface area (Å²) in [5.74, 6) is 0.0574. The first-order chi connectivity index (χ1) is 4.66. The summed E-state index contributed by atoms with van der Waals surface area (Å²) in [6.07, 6.45) is 1.55. The summed E-state index contributed by atoms with van der Waals surface area (Å²) in [5.41, 5.74) is 6.11. The fourth-order valence-corrected chi connectivity index (χ4v) is 0.625. The van der Waals surface area contributed by atoms with Crippen molar-refractivity contribution < 1.29 is 4.79 Å². The Labute approximate surface area is 61.3 Å². The van der Waals surface area contributed by atoms with Gasteiger partial charge in [-0.1, -0.05) is 0 Å². The van der Waals surface area contributed by atoms with Crippen molar-refractivity contribution in [3.05, 3.63) is 11.8 Å². The third kappa shape index (κ3) is 5.31. The van der Waals surface area contributed by atoms with E-state index in [2.05, 4.69) is 5.32 Å². The van der Waals surface area contributed by atoms with E-state index in [1.165, 1.54) is 6.92 Å². The number of hydrogen-bond donors (Lipinski definition) is 2. The van der Waals surface area contributed by atoms with Gasteiger partial charge in [0, 0.05) is 18.8 Å². The topological polar surface area (TPSA) is 55.1 Å². The molecule has 0 heterocycles. The highest BCUT2D eigenvalue weighted by molar-refractivity contribution is 5.87. The molecule has 0 aliphatic carbocycles. The smallest absolute Gasteiger partial charge is 0.154 e. The molecule has 0 rings (SSSR count). The van der Waals surface area contributed by atoms with E-state index in [1.807, 2.05) is 6.92 Å². The number of carbonyl (C=O) groups excluding carboxylic acids is 1. The Kier molecular flexibility index (Phi) is 4.58. The van der Waals surface area contributed by atoms with E-state index in [0.717, 1.165) is 12.2 Å². The highest BCUT2D eigenvalue weighted by Crippen LogP contribution is 1.84. The van der Waals surface area contributed by atoms with Gasteiger partial charge in [0.05, 0.1) is 0 Å². The lowest BCUT2D eigenvalue weighted by Crippen LogP contribution is -2.20. The van der Waals surface area contributed by atoms with Crippen molar-refractivity contribution in [2.45, 2.75) is 13.8 Å². The monoisotopic (exact) mass is 142 g/mol. The number of nitrogens with one attached hydrogen (secondary N) is 1. The average Bonchev–Trinajstić information content (AvgIpc) is 1.82. The molecule has 0 saturated carbocycles. The number of ketones is 1. The summed E-state index contributed by atoms with van der Waals surface area (Å²) in [7, 11) is 0. The van der Waals surface area contributed by atoms with Crippen LogP contribution in [0.3, 0.4) is 0 Å². The molecule has 0 saturated heterocycles. The minimum Gasteiger partial charge on any atom is -0.387 e. The normalized spacial score (nSPS) is 11.3. The Balaban J connectivity index is 3.60. The van der Waals surface area contributed by atoms with Crippen LogP contribution in [0.2, 0.25) is 0 Å². The Bertz CT molecular complexity index is 141. The summed E-state index contributed by atoms with van der Waals surface area (Å²) in [6, 6.07) is 0. The van der Waals surface area contributed by atoms with Gasteiger partial charge in [0.15, 0.2) is 5.78 Å². The molecule has 0 spiro atoms. The first-order valence-corrected chi connectivity index (χ1v) is 3.29. The van der Waals surface area contributed by atoms with Gasteiger partial charge in [0.2, 0.25) is 0 Å². The van der Waals surface area contributed by atoms with E-state index in [9.17, 15) is 4.79 Å². The Morgan fingerprint density at radius 1 is 1.60 bits per heavy atom. The molecule has 0 unspecified atom stereocenters. The minimum atomic E-state index is 0.0574. The van der Waals surface area contributed by atoms with Crippen LogP contribution in [0.1, 0.15) is 13.8 Å². The third-order valence-corrected chi connectivity index (χ3v) is 0.968. The zero-order valence-corrected chi connectivity index (χ0v) is 6.48. The van der Waals surface area contributed by atoms with Crippen molar-refractivity contribution in [3.63, 3.8) is 0 Å². The number of hydrogen-bond acceptors (Lipinski definition) is 3. The zero-order valence-electron chi connectivity index (χ0n) is 6.48. The van der Waals surface area contributed by atoms with Crippen molar-refractivity contribution in [3.8, 4) is 0 Å². The Hall–Kier alpha value is -0.830. The molecule has 0 aliphatic rings. The molecule has 0 aliphatic heterocycles. The number of carbonyl (C=O) groups is 1. The first-order valence-electron chi connectivity index (χ1n) is 3.29. The average molecular weight is 142 g/mol. The maximum absolute atomic E-state index is 10.5. The number of rotatable bonds is 4. The van der Waals surface area contributed by atoms with E-state index in [1.54, 1.807) is 6.08 Å². The van der Waals surface area contributed by atoms with E-state index in [4.69, 9.17) is 5.73 Å². The quantitative estimate of drug-likeness (QED) is 0.544. The maximum atomic E-state index is 10.5. The summed E-state index contributed by atoms with van der Waals surface area (Å²) in [6.45, 7) is 4.67. The highest BCUT2D eigenvalue weighted by atomic mass is 16.1. The summed E-state index contributed by atoms with van der Waals surface area (Å²) < 4.78 is 0. The van der Waals surface area contributed by atoms with Gasteiger partial charge in [-0.2, -0.15) is 0 Å². The summed E-state index contributed by atoms with van der Waals surface area (Å²) >= 11 is 0. The van der Waals surface area contributed by atoms with Crippen LogP contribution in [-0.4, -0.2) is 18.9 Å². The van der Waals surface area contributed by atoms with E-state index < -0.39 is 0 Å². The van der Waals surface area contributed by atoms with Crippen LogP contribution < -0.4 is 11.1 Å². The summed E-state index contributed by atoms with van der Waals surface area (Å²) in [4.78, 5) is 10.5. The van der Waals surface area contributed by atoms with E-state index >= 15 is 0 Å². The van der Waals surface area contributed by atoms with Crippen molar-refractivity contribution in [2.75, 3.05) is 13.1 Å². The SMILES string of the molecule is CC(=O)/C=C(\C)NCCN. The van der Waals surface area contributed by atoms with Crippen molar-refractivity contribution >= 4 is 5.78 Å². The molecule has 3 heteroatoms. The molecule has 0 amide bonds. The molecule has 0 aromatic carbocycles. The molecule has 3 nitrogen and oxygen atoms in total. The zero-order chi connectivity index (χ0) is 7.98. The third-order valence-electron chi connectivity index (χ3n) is 0.968. The van der Waals surface area contributed by atoms with Gasteiger partial charge in [-0.25, -0.2) is 0 Å². The van der Waals surface area contributed by atoms with Gasteiger partial charge in [-0.3, -0.25) is 4.79 Å². The molecule has 58 valence electrons. The molecule has 3 N–H and O–H groups in total. The van der Waals surface area contributed by atoms with E-state index in [0.29, 0.717) is 6.54 Å². The van der Waals surface area contributed by atoms with Crippen LogP contribution in [-0.2, 0) is 4.79 Å². The molecule has 0 fully saturated rings. The molecule has 0 radical (unpaired) electrons. The highest BCUT2D eigenvalue weighted by Gasteiger charge is 1.88. The second-order valence-corrected chi connectivity index (χ2v) is 2.15.